The molecule has 1 aromatic rings. The molecule has 78 valence electrons. The molecule has 0 aliphatic rings. The van der Waals surface area contributed by atoms with Gasteiger partial charge in [-0.2, -0.15) is 0 Å². The number of hydrogen-bond acceptors (Lipinski definition) is 3. The number of aryl methyl sites for hydroxylation is 3. The van der Waals surface area contributed by atoms with E-state index in [0.717, 1.165) is 30.1 Å². The van der Waals surface area contributed by atoms with Gasteiger partial charge in [-0.15, -0.1) is 0 Å². The van der Waals surface area contributed by atoms with Gasteiger partial charge < -0.3 is 5.73 Å². The van der Waals surface area contributed by atoms with Crippen molar-refractivity contribution in [3.63, 3.8) is 0 Å². The Balaban J connectivity index is 2.68. The van der Waals surface area contributed by atoms with Crippen molar-refractivity contribution in [3.05, 3.63) is 23.3 Å². The summed E-state index contributed by atoms with van der Waals surface area (Å²) < 4.78 is 0. The van der Waals surface area contributed by atoms with Crippen molar-refractivity contribution < 1.29 is 0 Å². The first-order valence-electron chi connectivity index (χ1n) is 4.97. The number of rotatable bonds is 3. The Morgan fingerprint density at radius 1 is 1.21 bits per heavy atom. The standard InChI is InChI=1S/C11H19N3/c1-8-7-9(2)14-10(13-8)5-6-11(3,4)12/h7H,5-6,12H2,1-4H3. The molecule has 1 aromatic heterocycles. The zero-order valence-corrected chi connectivity index (χ0v) is 9.46. The van der Waals surface area contributed by atoms with Gasteiger partial charge in [-0.3, -0.25) is 0 Å². The van der Waals surface area contributed by atoms with Crippen LogP contribution in [0.15, 0.2) is 6.07 Å². The molecule has 0 amide bonds. The molecular formula is C11H19N3. The van der Waals surface area contributed by atoms with Gasteiger partial charge in [-0.05, 0) is 40.2 Å². The SMILES string of the molecule is Cc1cc(C)nc(CCC(C)(C)N)n1. The van der Waals surface area contributed by atoms with Gasteiger partial charge in [-0.1, -0.05) is 0 Å². The highest BCUT2D eigenvalue weighted by atomic mass is 14.9. The van der Waals surface area contributed by atoms with Crippen molar-refractivity contribution in [2.24, 2.45) is 5.73 Å². The zero-order valence-electron chi connectivity index (χ0n) is 9.46. The smallest absolute Gasteiger partial charge is 0.128 e. The minimum atomic E-state index is -0.138. The topological polar surface area (TPSA) is 51.8 Å². The normalized spacial score (nSPS) is 11.8. The minimum Gasteiger partial charge on any atom is -0.326 e. The predicted octanol–water partition coefficient (Wildman–Crippen LogP) is 1.76. The average molecular weight is 193 g/mol. The fraction of sp³-hybridized carbons (Fsp3) is 0.636. The molecule has 3 heteroatoms. The first-order valence-corrected chi connectivity index (χ1v) is 4.97. The van der Waals surface area contributed by atoms with Crippen molar-refractivity contribution >= 4 is 0 Å². The quantitative estimate of drug-likeness (QED) is 0.796. The number of nitrogens with zero attached hydrogens (tertiary/aromatic N) is 2. The maximum atomic E-state index is 5.90. The van der Waals surface area contributed by atoms with Crippen LogP contribution in [0.25, 0.3) is 0 Å². The highest BCUT2D eigenvalue weighted by Gasteiger charge is 2.11. The van der Waals surface area contributed by atoms with Crippen molar-refractivity contribution in [2.75, 3.05) is 0 Å². The summed E-state index contributed by atoms with van der Waals surface area (Å²) in [5.41, 5.74) is 7.83. The van der Waals surface area contributed by atoms with Crippen LogP contribution in [0.4, 0.5) is 0 Å². The minimum absolute atomic E-state index is 0.138. The summed E-state index contributed by atoms with van der Waals surface area (Å²) in [7, 11) is 0. The van der Waals surface area contributed by atoms with Crippen LogP contribution in [0.2, 0.25) is 0 Å². The molecule has 0 bridgehead atoms. The summed E-state index contributed by atoms with van der Waals surface area (Å²) in [6.45, 7) is 8.03. The fourth-order valence-electron chi connectivity index (χ4n) is 1.34. The van der Waals surface area contributed by atoms with Crippen LogP contribution in [0, 0.1) is 13.8 Å². The van der Waals surface area contributed by atoms with Crippen LogP contribution >= 0.6 is 0 Å². The third kappa shape index (κ3) is 3.83. The molecule has 0 unspecified atom stereocenters. The van der Waals surface area contributed by atoms with Crippen LogP contribution in [0.3, 0.4) is 0 Å². The summed E-state index contributed by atoms with van der Waals surface area (Å²) in [6, 6.07) is 1.98. The monoisotopic (exact) mass is 193 g/mol. The summed E-state index contributed by atoms with van der Waals surface area (Å²) in [6.07, 6.45) is 1.77. The van der Waals surface area contributed by atoms with Crippen molar-refractivity contribution in [1.29, 1.82) is 0 Å². The first-order chi connectivity index (χ1) is 6.37. The van der Waals surface area contributed by atoms with Crippen molar-refractivity contribution in [1.82, 2.24) is 9.97 Å². The molecule has 14 heavy (non-hydrogen) atoms. The molecule has 3 nitrogen and oxygen atoms in total. The number of aromatic nitrogens is 2. The predicted molar refractivity (Wildman–Crippen MR) is 58.1 cm³/mol. The average Bonchev–Trinajstić information content (AvgIpc) is 1.97. The van der Waals surface area contributed by atoms with Crippen molar-refractivity contribution in [3.8, 4) is 0 Å². The van der Waals surface area contributed by atoms with Gasteiger partial charge >= 0.3 is 0 Å². The molecule has 0 aliphatic heterocycles. The Morgan fingerprint density at radius 2 is 1.71 bits per heavy atom. The Kier molecular flexibility index (Phi) is 3.21. The van der Waals surface area contributed by atoms with E-state index < -0.39 is 0 Å². The molecule has 0 fully saturated rings. The maximum absolute atomic E-state index is 5.90. The third-order valence-electron chi connectivity index (χ3n) is 2.02. The second kappa shape index (κ2) is 4.05. The van der Waals surface area contributed by atoms with Crippen LogP contribution in [-0.4, -0.2) is 15.5 Å². The lowest BCUT2D eigenvalue weighted by Gasteiger charge is -2.17. The Labute approximate surface area is 85.8 Å². The van der Waals surface area contributed by atoms with Gasteiger partial charge in [-0.25, -0.2) is 9.97 Å². The van der Waals surface area contributed by atoms with E-state index >= 15 is 0 Å². The van der Waals surface area contributed by atoms with Gasteiger partial charge in [0.2, 0.25) is 0 Å². The molecular weight excluding hydrogens is 174 g/mol. The molecule has 1 rings (SSSR count). The zero-order chi connectivity index (χ0) is 10.8. The second-order valence-electron chi connectivity index (χ2n) is 4.56. The molecule has 0 atom stereocenters. The lowest BCUT2D eigenvalue weighted by Crippen LogP contribution is -2.32. The molecule has 0 radical (unpaired) electrons. The van der Waals surface area contributed by atoms with E-state index in [1.807, 2.05) is 33.8 Å². The largest absolute Gasteiger partial charge is 0.326 e. The van der Waals surface area contributed by atoms with E-state index in [2.05, 4.69) is 9.97 Å². The Morgan fingerprint density at radius 3 is 2.14 bits per heavy atom. The van der Waals surface area contributed by atoms with Gasteiger partial charge in [0.05, 0.1) is 0 Å². The van der Waals surface area contributed by atoms with E-state index in [9.17, 15) is 0 Å². The Bertz CT molecular complexity index is 293. The summed E-state index contributed by atoms with van der Waals surface area (Å²) in [4.78, 5) is 8.74. The highest BCUT2D eigenvalue weighted by molar-refractivity contribution is 5.08. The summed E-state index contributed by atoms with van der Waals surface area (Å²) >= 11 is 0. The van der Waals surface area contributed by atoms with Gasteiger partial charge in [0, 0.05) is 23.3 Å². The van der Waals surface area contributed by atoms with Crippen LogP contribution in [0.1, 0.15) is 37.5 Å². The summed E-state index contributed by atoms with van der Waals surface area (Å²) in [5, 5.41) is 0. The second-order valence-corrected chi connectivity index (χ2v) is 4.56. The fourth-order valence-corrected chi connectivity index (χ4v) is 1.34. The van der Waals surface area contributed by atoms with Gasteiger partial charge in [0.1, 0.15) is 5.82 Å². The maximum Gasteiger partial charge on any atom is 0.128 e. The van der Waals surface area contributed by atoms with Crippen LogP contribution < -0.4 is 5.73 Å². The van der Waals surface area contributed by atoms with Crippen LogP contribution in [-0.2, 0) is 6.42 Å². The summed E-state index contributed by atoms with van der Waals surface area (Å²) in [5.74, 6) is 0.904. The van der Waals surface area contributed by atoms with Crippen LogP contribution in [0.5, 0.6) is 0 Å². The first kappa shape index (κ1) is 11.1. The molecule has 0 saturated heterocycles. The van der Waals surface area contributed by atoms with E-state index in [0.29, 0.717) is 0 Å². The number of nitrogens with two attached hydrogens (primary N) is 1. The highest BCUT2D eigenvalue weighted by Crippen LogP contribution is 2.08. The molecule has 0 saturated carbocycles. The van der Waals surface area contributed by atoms with Gasteiger partial charge in [0.15, 0.2) is 0 Å². The van der Waals surface area contributed by atoms with Crippen molar-refractivity contribution in [2.45, 2.75) is 46.1 Å². The number of hydrogen-bond donors (Lipinski definition) is 1. The molecule has 0 aromatic carbocycles. The third-order valence-corrected chi connectivity index (χ3v) is 2.02. The molecule has 0 spiro atoms. The van der Waals surface area contributed by atoms with E-state index in [1.54, 1.807) is 0 Å². The lowest BCUT2D eigenvalue weighted by molar-refractivity contribution is 0.470. The van der Waals surface area contributed by atoms with E-state index in [1.165, 1.54) is 0 Å². The van der Waals surface area contributed by atoms with Gasteiger partial charge in [0.25, 0.3) is 0 Å². The Hall–Kier alpha value is -0.960. The molecule has 2 N–H and O–H groups in total. The lowest BCUT2D eigenvalue weighted by atomic mass is 10.00. The van der Waals surface area contributed by atoms with E-state index in [-0.39, 0.29) is 5.54 Å². The van der Waals surface area contributed by atoms with E-state index in [4.69, 9.17) is 5.73 Å². The molecule has 0 aliphatic carbocycles. The molecule has 1 heterocycles.